The Bertz CT molecular complexity index is 872. The van der Waals surface area contributed by atoms with Gasteiger partial charge in [-0.3, -0.25) is 24.2 Å². The van der Waals surface area contributed by atoms with Crippen LogP contribution in [0, 0.1) is 11.8 Å². The van der Waals surface area contributed by atoms with Crippen molar-refractivity contribution < 1.29 is 14.4 Å². The van der Waals surface area contributed by atoms with Crippen LogP contribution in [0.3, 0.4) is 0 Å². The number of carbonyl (C=O) groups excluding carboxylic acids is 3. The highest BCUT2D eigenvalue weighted by atomic mass is 79.9. The zero-order valence-corrected chi connectivity index (χ0v) is 16.8. The molecule has 4 aliphatic heterocycles. The van der Waals surface area contributed by atoms with Crippen LogP contribution in [-0.2, 0) is 19.9 Å². The Labute approximate surface area is 166 Å². The van der Waals surface area contributed by atoms with E-state index in [2.05, 4.69) is 26.1 Å². The summed E-state index contributed by atoms with van der Waals surface area (Å²) in [7, 11) is 0. The third-order valence-corrected chi connectivity index (χ3v) is 7.27. The maximum absolute atomic E-state index is 13.4. The summed E-state index contributed by atoms with van der Waals surface area (Å²) in [6, 6.07) is 5.67. The molecule has 3 amide bonds. The van der Waals surface area contributed by atoms with Gasteiger partial charge in [0.05, 0.1) is 11.8 Å². The van der Waals surface area contributed by atoms with E-state index in [-0.39, 0.29) is 23.8 Å². The molecule has 4 atom stereocenters. The molecule has 1 aromatic rings. The summed E-state index contributed by atoms with van der Waals surface area (Å²) >= 11 is 3.51. The fraction of sp³-hybridized carbons (Fsp3) is 0.550. The summed E-state index contributed by atoms with van der Waals surface area (Å²) in [4.78, 5) is 43.6. The molecule has 0 aromatic heterocycles. The minimum atomic E-state index is -1.06. The van der Waals surface area contributed by atoms with E-state index >= 15 is 0 Å². The van der Waals surface area contributed by atoms with Gasteiger partial charge < -0.3 is 5.32 Å². The van der Waals surface area contributed by atoms with E-state index in [0.717, 1.165) is 48.0 Å². The molecule has 0 saturated carbocycles. The van der Waals surface area contributed by atoms with Crippen LogP contribution in [0.25, 0.3) is 0 Å². The fourth-order valence-electron chi connectivity index (χ4n) is 5.77. The zero-order valence-electron chi connectivity index (χ0n) is 15.2. The SMILES string of the molecule is CCCCN1C(=O)[C@@H]2[C@@H]3CCCN3[C@]3(C(=O)Nc4ccc(Br)cc43)[C@H]2C1=O. The molecule has 0 bridgehead atoms. The number of imide groups is 1. The van der Waals surface area contributed by atoms with Crippen molar-refractivity contribution in [1.29, 1.82) is 0 Å². The Morgan fingerprint density at radius 3 is 2.85 bits per heavy atom. The number of halogens is 1. The van der Waals surface area contributed by atoms with Crippen molar-refractivity contribution in [1.82, 2.24) is 9.80 Å². The molecule has 6 nitrogen and oxygen atoms in total. The molecule has 1 spiro atoms. The van der Waals surface area contributed by atoms with E-state index in [1.165, 1.54) is 4.90 Å². The van der Waals surface area contributed by atoms with E-state index in [0.29, 0.717) is 6.54 Å². The van der Waals surface area contributed by atoms with E-state index in [1.807, 2.05) is 25.1 Å². The molecule has 142 valence electrons. The molecule has 7 heteroatoms. The van der Waals surface area contributed by atoms with Gasteiger partial charge >= 0.3 is 0 Å². The summed E-state index contributed by atoms with van der Waals surface area (Å²) in [5.41, 5.74) is 0.528. The van der Waals surface area contributed by atoms with Gasteiger partial charge in [0.15, 0.2) is 0 Å². The number of anilines is 1. The van der Waals surface area contributed by atoms with E-state index < -0.39 is 17.4 Å². The Hall–Kier alpha value is -1.73. The van der Waals surface area contributed by atoms with Gasteiger partial charge in [0.25, 0.3) is 0 Å². The highest BCUT2D eigenvalue weighted by Gasteiger charge is 2.74. The van der Waals surface area contributed by atoms with Gasteiger partial charge in [0, 0.05) is 28.3 Å². The normalized spacial score (nSPS) is 34.4. The Kier molecular flexibility index (Phi) is 3.78. The Morgan fingerprint density at radius 2 is 2.07 bits per heavy atom. The highest BCUT2D eigenvalue weighted by Crippen LogP contribution is 2.60. The van der Waals surface area contributed by atoms with Gasteiger partial charge in [0.1, 0.15) is 5.54 Å². The maximum atomic E-state index is 13.4. The second kappa shape index (κ2) is 5.88. The lowest BCUT2D eigenvalue weighted by Gasteiger charge is -2.36. The van der Waals surface area contributed by atoms with Crippen molar-refractivity contribution in [3.05, 3.63) is 28.2 Å². The number of carbonyl (C=O) groups is 3. The van der Waals surface area contributed by atoms with Gasteiger partial charge in [-0.05, 0) is 44.0 Å². The number of nitrogens with one attached hydrogen (secondary N) is 1. The highest BCUT2D eigenvalue weighted by molar-refractivity contribution is 9.10. The first-order chi connectivity index (χ1) is 13.0. The second-order valence-electron chi connectivity index (χ2n) is 8.00. The van der Waals surface area contributed by atoms with Gasteiger partial charge in [-0.15, -0.1) is 0 Å². The summed E-state index contributed by atoms with van der Waals surface area (Å²) in [6.07, 6.45) is 3.53. The molecule has 0 aliphatic carbocycles. The number of nitrogens with zero attached hydrogens (tertiary/aromatic N) is 2. The first-order valence-corrected chi connectivity index (χ1v) is 10.5. The average Bonchev–Trinajstić information content (AvgIpc) is 3.33. The van der Waals surface area contributed by atoms with Crippen LogP contribution in [0.1, 0.15) is 38.2 Å². The van der Waals surface area contributed by atoms with Crippen molar-refractivity contribution in [3.8, 4) is 0 Å². The molecule has 1 aromatic carbocycles. The number of hydrogen-bond acceptors (Lipinski definition) is 4. The summed E-state index contributed by atoms with van der Waals surface area (Å²) in [5, 5.41) is 2.99. The topological polar surface area (TPSA) is 69.7 Å². The minimum absolute atomic E-state index is 0.0336. The van der Waals surface area contributed by atoms with E-state index in [4.69, 9.17) is 0 Å². The average molecular weight is 432 g/mol. The third kappa shape index (κ3) is 2.02. The lowest BCUT2D eigenvalue weighted by atomic mass is 9.75. The number of rotatable bonds is 3. The number of likely N-dealkylation sites (tertiary alicyclic amines) is 1. The molecule has 4 heterocycles. The molecule has 3 fully saturated rings. The van der Waals surface area contributed by atoms with Crippen LogP contribution >= 0.6 is 15.9 Å². The molecular formula is C20H22BrN3O3. The van der Waals surface area contributed by atoms with Crippen molar-refractivity contribution in [2.75, 3.05) is 18.4 Å². The zero-order chi connectivity index (χ0) is 18.9. The van der Waals surface area contributed by atoms with Crippen LogP contribution in [0.4, 0.5) is 5.69 Å². The predicted molar refractivity (Wildman–Crippen MR) is 103 cm³/mol. The summed E-state index contributed by atoms with van der Waals surface area (Å²) in [6.45, 7) is 3.24. The molecule has 0 radical (unpaired) electrons. The molecule has 27 heavy (non-hydrogen) atoms. The number of hydrogen-bond donors (Lipinski definition) is 1. The standard InChI is InChI=1S/C20H22BrN3O3/c1-2-3-8-23-17(25)15-14-5-4-9-24(14)20(16(15)18(23)26)12-10-11(21)6-7-13(12)22-19(20)27/h6-7,10,14-16H,2-5,8-9H2,1H3,(H,22,27)/t14-,15+,16+,20-/m0/s1. The number of amides is 3. The first-order valence-electron chi connectivity index (χ1n) is 9.75. The number of unbranched alkanes of at least 4 members (excludes halogenated alkanes) is 1. The molecule has 5 rings (SSSR count). The van der Waals surface area contributed by atoms with Crippen LogP contribution in [0.15, 0.2) is 22.7 Å². The smallest absolute Gasteiger partial charge is 0.250 e. The van der Waals surface area contributed by atoms with Gasteiger partial charge in [-0.1, -0.05) is 29.3 Å². The van der Waals surface area contributed by atoms with Crippen molar-refractivity contribution in [3.63, 3.8) is 0 Å². The van der Waals surface area contributed by atoms with E-state index in [1.54, 1.807) is 0 Å². The third-order valence-electron chi connectivity index (χ3n) is 6.78. The Balaban J connectivity index is 1.69. The van der Waals surface area contributed by atoms with Crippen molar-refractivity contribution >= 4 is 39.3 Å². The summed E-state index contributed by atoms with van der Waals surface area (Å²) in [5.74, 6) is -1.44. The van der Waals surface area contributed by atoms with Crippen molar-refractivity contribution in [2.24, 2.45) is 11.8 Å². The molecule has 1 N–H and O–H groups in total. The Morgan fingerprint density at radius 1 is 1.26 bits per heavy atom. The van der Waals surface area contributed by atoms with E-state index in [9.17, 15) is 14.4 Å². The van der Waals surface area contributed by atoms with Gasteiger partial charge in [-0.25, -0.2) is 0 Å². The minimum Gasteiger partial charge on any atom is -0.324 e. The second-order valence-corrected chi connectivity index (χ2v) is 8.91. The number of fused-ring (bicyclic) bond motifs is 7. The van der Waals surface area contributed by atoms with Crippen LogP contribution in [0.2, 0.25) is 0 Å². The largest absolute Gasteiger partial charge is 0.324 e. The first kappa shape index (κ1) is 17.4. The maximum Gasteiger partial charge on any atom is 0.250 e. The molecule has 4 aliphatic rings. The predicted octanol–water partition coefficient (Wildman–Crippen LogP) is 2.48. The molecule has 0 unspecified atom stereocenters. The fourth-order valence-corrected chi connectivity index (χ4v) is 6.13. The quantitative estimate of drug-likeness (QED) is 0.746. The van der Waals surface area contributed by atoms with Crippen LogP contribution in [0.5, 0.6) is 0 Å². The van der Waals surface area contributed by atoms with Crippen molar-refractivity contribution in [2.45, 2.75) is 44.2 Å². The summed E-state index contributed by atoms with van der Waals surface area (Å²) < 4.78 is 0.871. The number of benzene rings is 1. The molecule has 3 saturated heterocycles. The lowest BCUT2D eigenvalue weighted by Crippen LogP contribution is -2.54. The molecular weight excluding hydrogens is 410 g/mol. The lowest BCUT2D eigenvalue weighted by molar-refractivity contribution is -0.145. The monoisotopic (exact) mass is 431 g/mol. The van der Waals surface area contributed by atoms with Crippen LogP contribution in [-0.4, -0.2) is 46.7 Å². The van der Waals surface area contributed by atoms with Crippen LogP contribution < -0.4 is 5.32 Å². The van der Waals surface area contributed by atoms with Gasteiger partial charge in [0.2, 0.25) is 17.7 Å². The van der Waals surface area contributed by atoms with Gasteiger partial charge in [-0.2, -0.15) is 0 Å².